The lowest BCUT2D eigenvalue weighted by molar-refractivity contribution is 0.609. The Balaban J connectivity index is 3.14. The minimum atomic E-state index is -3.58. The maximum atomic E-state index is 11.0. The molecule has 1 rings (SSSR count). The highest BCUT2D eigenvalue weighted by atomic mass is 35.7. The van der Waals surface area contributed by atoms with Crippen molar-refractivity contribution in [2.24, 2.45) is 0 Å². The summed E-state index contributed by atoms with van der Waals surface area (Å²) in [6.07, 6.45) is 0. The van der Waals surface area contributed by atoms with Crippen molar-refractivity contribution in [3.8, 4) is 0 Å². The van der Waals surface area contributed by atoms with Crippen LogP contribution in [0.2, 0.25) is 19.6 Å². The molecule has 0 unspecified atom stereocenters. The second kappa shape index (κ2) is 3.68. The van der Waals surface area contributed by atoms with E-state index in [0.717, 1.165) is 0 Å². The molecule has 1 aromatic rings. The minimum Gasteiger partial charge on any atom is -0.207 e. The van der Waals surface area contributed by atoms with Crippen LogP contribution in [0.1, 0.15) is 0 Å². The van der Waals surface area contributed by atoms with E-state index in [9.17, 15) is 8.42 Å². The lowest BCUT2D eigenvalue weighted by Crippen LogP contribution is -2.37. The van der Waals surface area contributed by atoms with Crippen LogP contribution in [0.3, 0.4) is 0 Å². The molecule has 0 spiro atoms. The molecule has 2 nitrogen and oxygen atoms in total. The van der Waals surface area contributed by atoms with Gasteiger partial charge in [0.15, 0.2) is 0 Å². The third kappa shape index (κ3) is 2.83. The molecule has 0 heterocycles. The maximum Gasteiger partial charge on any atom is 0.261 e. The van der Waals surface area contributed by atoms with Gasteiger partial charge in [0.1, 0.15) is 0 Å². The predicted octanol–water partition coefficient (Wildman–Crippen LogP) is 2.16. The van der Waals surface area contributed by atoms with Gasteiger partial charge in [0, 0.05) is 10.7 Å². The topological polar surface area (TPSA) is 34.1 Å². The number of rotatable bonds is 2. The van der Waals surface area contributed by atoms with Gasteiger partial charge in [-0.3, -0.25) is 0 Å². The van der Waals surface area contributed by atoms with Crippen LogP contribution in [0.25, 0.3) is 0 Å². The van der Waals surface area contributed by atoms with Gasteiger partial charge in [0.2, 0.25) is 0 Å². The van der Waals surface area contributed by atoms with Crippen molar-refractivity contribution in [3.63, 3.8) is 0 Å². The average Bonchev–Trinajstić information content (AvgIpc) is 2.01. The summed E-state index contributed by atoms with van der Waals surface area (Å²) in [5.74, 6) is 0. The molecule has 0 aromatic heterocycles. The minimum absolute atomic E-state index is 0.168. The Hall–Kier alpha value is -0.323. The molecule has 0 amide bonds. The maximum absolute atomic E-state index is 11.0. The molecule has 0 saturated heterocycles. The summed E-state index contributed by atoms with van der Waals surface area (Å²) < 4.78 is 21.9. The van der Waals surface area contributed by atoms with Crippen LogP contribution < -0.4 is 5.19 Å². The molecular weight excluding hydrogens is 236 g/mol. The van der Waals surface area contributed by atoms with Crippen molar-refractivity contribution < 1.29 is 8.42 Å². The molecule has 14 heavy (non-hydrogen) atoms. The molecule has 0 bridgehead atoms. The van der Waals surface area contributed by atoms with Crippen LogP contribution >= 0.6 is 10.7 Å². The molecule has 0 saturated carbocycles. The van der Waals surface area contributed by atoms with Crippen molar-refractivity contribution in [2.45, 2.75) is 24.5 Å². The van der Waals surface area contributed by atoms with Crippen LogP contribution in [0.4, 0.5) is 0 Å². The van der Waals surface area contributed by atoms with Crippen LogP contribution in [0.15, 0.2) is 29.2 Å². The fraction of sp³-hybridized carbons (Fsp3) is 0.333. The monoisotopic (exact) mass is 248 g/mol. The van der Waals surface area contributed by atoms with E-state index in [1.165, 1.54) is 5.19 Å². The fourth-order valence-corrected chi connectivity index (χ4v) is 3.05. The van der Waals surface area contributed by atoms with Gasteiger partial charge in [-0.25, -0.2) is 8.42 Å². The van der Waals surface area contributed by atoms with E-state index in [1.807, 2.05) is 12.1 Å². The van der Waals surface area contributed by atoms with Gasteiger partial charge in [-0.2, -0.15) is 0 Å². The van der Waals surface area contributed by atoms with Crippen LogP contribution in [-0.2, 0) is 9.05 Å². The zero-order chi connectivity index (χ0) is 11.0. The lowest BCUT2D eigenvalue weighted by Gasteiger charge is -2.16. The molecule has 0 N–H and O–H groups in total. The Bertz CT molecular complexity index is 417. The summed E-state index contributed by atoms with van der Waals surface area (Å²) in [5, 5.41) is 1.22. The average molecular weight is 249 g/mol. The number of hydrogen-bond acceptors (Lipinski definition) is 2. The van der Waals surface area contributed by atoms with Gasteiger partial charge in [-0.1, -0.05) is 37.0 Å². The van der Waals surface area contributed by atoms with E-state index in [2.05, 4.69) is 19.6 Å². The highest BCUT2D eigenvalue weighted by Gasteiger charge is 2.17. The second-order valence-electron chi connectivity index (χ2n) is 4.21. The molecule has 0 fully saturated rings. The summed E-state index contributed by atoms with van der Waals surface area (Å²) >= 11 is 0. The smallest absolute Gasteiger partial charge is 0.207 e. The summed E-state index contributed by atoms with van der Waals surface area (Å²) in [5.41, 5.74) is 0. The Morgan fingerprint density at radius 3 is 1.79 bits per heavy atom. The normalized spacial score (nSPS) is 12.9. The molecule has 78 valence electrons. The SMILES string of the molecule is C[Si](C)(C)c1ccc(S(=O)(=O)Cl)cc1. The van der Waals surface area contributed by atoms with Crippen LogP contribution in [0, 0.1) is 0 Å². The first-order chi connectivity index (χ1) is 6.21. The molecule has 0 aliphatic heterocycles. The Morgan fingerprint density at radius 1 is 1.07 bits per heavy atom. The van der Waals surface area contributed by atoms with Gasteiger partial charge in [0.05, 0.1) is 13.0 Å². The standard InChI is InChI=1S/C9H13ClO2SSi/c1-14(2,3)9-6-4-8(5-7-9)13(10,11)12/h4-7H,1-3H3. The molecule has 0 atom stereocenters. The van der Waals surface area contributed by atoms with Crippen molar-refractivity contribution >= 4 is 33.0 Å². The van der Waals surface area contributed by atoms with Gasteiger partial charge in [-0.15, -0.1) is 0 Å². The van der Waals surface area contributed by atoms with E-state index in [1.54, 1.807) is 12.1 Å². The first kappa shape index (κ1) is 11.7. The molecule has 1 aromatic carbocycles. The molecular formula is C9H13ClO2SSi. The Kier molecular flexibility index (Phi) is 3.09. The van der Waals surface area contributed by atoms with Crippen LogP contribution in [0.5, 0.6) is 0 Å². The zero-order valence-electron chi connectivity index (χ0n) is 8.41. The van der Waals surface area contributed by atoms with E-state index in [4.69, 9.17) is 10.7 Å². The lowest BCUT2D eigenvalue weighted by atomic mass is 10.4. The third-order valence-electron chi connectivity index (χ3n) is 2.00. The van der Waals surface area contributed by atoms with E-state index < -0.39 is 17.1 Å². The summed E-state index contributed by atoms with van der Waals surface area (Å²) in [6, 6.07) is 6.83. The first-order valence-electron chi connectivity index (χ1n) is 4.26. The number of halogens is 1. The second-order valence-corrected chi connectivity index (χ2v) is 11.9. The highest BCUT2D eigenvalue weighted by molar-refractivity contribution is 8.13. The molecule has 0 radical (unpaired) electrons. The quantitative estimate of drug-likeness (QED) is 0.594. The summed E-state index contributed by atoms with van der Waals surface area (Å²) in [4.78, 5) is 0.168. The Labute approximate surface area is 90.3 Å². The first-order valence-corrected chi connectivity index (χ1v) is 10.1. The highest BCUT2D eigenvalue weighted by Crippen LogP contribution is 2.13. The van der Waals surface area contributed by atoms with Gasteiger partial charge >= 0.3 is 0 Å². The van der Waals surface area contributed by atoms with E-state index in [-0.39, 0.29) is 4.90 Å². The van der Waals surface area contributed by atoms with Crippen molar-refractivity contribution in [2.75, 3.05) is 0 Å². The van der Waals surface area contributed by atoms with Gasteiger partial charge in [0.25, 0.3) is 9.05 Å². The van der Waals surface area contributed by atoms with E-state index in [0.29, 0.717) is 0 Å². The van der Waals surface area contributed by atoms with Gasteiger partial charge < -0.3 is 0 Å². The molecule has 5 heteroatoms. The van der Waals surface area contributed by atoms with Crippen molar-refractivity contribution in [1.29, 1.82) is 0 Å². The van der Waals surface area contributed by atoms with E-state index >= 15 is 0 Å². The number of hydrogen-bond donors (Lipinski definition) is 0. The zero-order valence-corrected chi connectivity index (χ0v) is 11.0. The predicted molar refractivity (Wildman–Crippen MR) is 62.5 cm³/mol. The van der Waals surface area contributed by atoms with Crippen LogP contribution in [-0.4, -0.2) is 16.5 Å². The van der Waals surface area contributed by atoms with Crippen molar-refractivity contribution in [1.82, 2.24) is 0 Å². The van der Waals surface area contributed by atoms with Gasteiger partial charge in [-0.05, 0) is 12.1 Å². The fourth-order valence-electron chi connectivity index (χ4n) is 1.12. The summed E-state index contributed by atoms with van der Waals surface area (Å²) in [7, 11) is 0.278. The third-order valence-corrected chi connectivity index (χ3v) is 5.44. The molecule has 0 aliphatic rings. The Morgan fingerprint density at radius 2 is 1.50 bits per heavy atom. The van der Waals surface area contributed by atoms with Crippen molar-refractivity contribution in [3.05, 3.63) is 24.3 Å². The number of benzene rings is 1. The largest absolute Gasteiger partial charge is 0.261 e. The summed E-state index contributed by atoms with van der Waals surface area (Å²) in [6.45, 7) is 6.62. The molecule has 0 aliphatic carbocycles.